The number of ketones is 1. The number of allylic oxidation sites excluding steroid dienone is 2. The van der Waals surface area contributed by atoms with Gasteiger partial charge in [-0.05, 0) is 17.7 Å². The lowest BCUT2D eigenvalue weighted by molar-refractivity contribution is -0.133. The highest BCUT2D eigenvalue weighted by Crippen LogP contribution is 2.37. The van der Waals surface area contributed by atoms with E-state index < -0.39 is 44.9 Å². The number of carboxylic acid groups (broad SMARTS) is 1. The molecule has 2 heterocycles. The van der Waals surface area contributed by atoms with Crippen LogP contribution < -0.4 is 16.4 Å². The van der Waals surface area contributed by atoms with Crippen LogP contribution in [0.15, 0.2) is 73.4 Å². The number of carboxylic acids is 1. The summed E-state index contributed by atoms with van der Waals surface area (Å²) in [5.74, 6) is -3.28. The highest BCUT2D eigenvalue weighted by atomic mass is 127. The number of aliphatic carboxylic acids is 1. The maximum Gasteiger partial charge on any atom is 0.353 e. The molecular weight excluding hydrogens is 550 g/mol. The van der Waals surface area contributed by atoms with E-state index in [2.05, 4.69) is 25.4 Å². The number of carbonyl (C=O) groups is 3. The van der Waals surface area contributed by atoms with Crippen molar-refractivity contribution in [1.82, 2.24) is 13.7 Å². The Hall–Kier alpha value is -3.88. The first-order chi connectivity index (χ1) is 15.7. The Labute approximate surface area is 196 Å². The van der Waals surface area contributed by atoms with Gasteiger partial charge in [0, 0.05) is 30.3 Å². The fourth-order valence-corrected chi connectivity index (χ4v) is 4.84. The Bertz CT molecular complexity index is 1300. The molecule has 1 aromatic carbocycles. The van der Waals surface area contributed by atoms with Crippen LogP contribution in [-0.4, -0.2) is 36.7 Å². The summed E-state index contributed by atoms with van der Waals surface area (Å²) in [6, 6.07) is 4.25. The van der Waals surface area contributed by atoms with E-state index in [1.54, 1.807) is 0 Å². The number of halogens is 2. The molecule has 4 rings (SSSR count). The van der Waals surface area contributed by atoms with Gasteiger partial charge in [-0.1, -0.05) is 12.6 Å². The fourth-order valence-electron chi connectivity index (χ4n) is 3.10. The molecule has 3 aliphatic rings. The molecule has 0 fully saturated rings. The highest BCUT2D eigenvalue weighted by molar-refractivity contribution is 14.1. The summed E-state index contributed by atoms with van der Waals surface area (Å²) in [6.07, 6.45) is 1.11. The molecule has 0 saturated carbocycles. The molecule has 1 aliphatic carbocycles. The van der Waals surface area contributed by atoms with E-state index in [0.29, 0.717) is 11.3 Å². The molecule has 1 amide bonds. The largest absolute Gasteiger partial charge is 0.490 e. The summed E-state index contributed by atoms with van der Waals surface area (Å²) in [5.41, 5.74) is 6.69. The smallest absolute Gasteiger partial charge is 0.353 e. The highest BCUT2D eigenvalue weighted by Gasteiger charge is 2.33. The van der Waals surface area contributed by atoms with Gasteiger partial charge in [0.2, 0.25) is 11.6 Å². The molecule has 0 atom stereocenters. The van der Waals surface area contributed by atoms with Crippen LogP contribution in [0.3, 0.4) is 0 Å². The summed E-state index contributed by atoms with van der Waals surface area (Å²) >= 11 is -1.17. The number of nitrogens with two attached hydrogens (primary N) is 1. The first-order valence-corrected chi connectivity index (χ1v) is 11.3. The van der Waals surface area contributed by atoms with Crippen LogP contribution in [0.25, 0.3) is 0 Å². The third-order valence-corrected chi connectivity index (χ3v) is 6.93. The van der Waals surface area contributed by atoms with Gasteiger partial charge >= 0.3 is 5.97 Å². The zero-order valence-corrected chi connectivity index (χ0v) is 18.9. The van der Waals surface area contributed by atoms with Gasteiger partial charge in [-0.3, -0.25) is 9.59 Å². The predicted molar refractivity (Wildman–Crippen MR) is 122 cm³/mol. The van der Waals surface area contributed by atoms with Crippen molar-refractivity contribution < 1.29 is 29.0 Å². The quantitative estimate of drug-likeness (QED) is 0.187. The summed E-state index contributed by atoms with van der Waals surface area (Å²) in [5, 5.41) is 24.7. The first-order valence-electron chi connectivity index (χ1n) is 9.33. The molecule has 170 valence electrons. The van der Waals surface area contributed by atoms with Crippen molar-refractivity contribution in [1.29, 1.82) is 0 Å². The molecule has 1 aromatic rings. The van der Waals surface area contributed by atoms with Gasteiger partial charge in [0.05, 0.1) is 5.70 Å². The normalized spacial score (nSPS) is 17.2. The number of fused-ring (bicyclic) bond motifs is 1. The van der Waals surface area contributed by atoms with Crippen LogP contribution in [0.4, 0.5) is 4.39 Å². The molecular formula is C20H16FIN6O5. The van der Waals surface area contributed by atoms with Gasteiger partial charge < -0.3 is 26.6 Å². The Balaban J connectivity index is 1.45. The number of Topliss-reactive ketones (excluding diaryl/α,β-unsaturated/α-hetero) is 1. The van der Waals surface area contributed by atoms with E-state index in [4.69, 9.17) is 5.73 Å². The summed E-state index contributed by atoms with van der Waals surface area (Å²) in [4.78, 5) is 39.5. The Morgan fingerprint density at radius 3 is 2.76 bits per heavy atom. The van der Waals surface area contributed by atoms with Crippen LogP contribution in [0.5, 0.6) is 0 Å². The minimum Gasteiger partial charge on any atom is -0.490 e. The van der Waals surface area contributed by atoms with E-state index in [1.165, 1.54) is 21.3 Å². The number of aliphatic imine (C=N–C) groups is 1. The third-order valence-electron chi connectivity index (χ3n) is 4.85. The van der Waals surface area contributed by atoms with Crippen LogP contribution in [0, 0.1) is 5.82 Å². The molecule has 13 heteroatoms. The van der Waals surface area contributed by atoms with Crippen LogP contribution in [0.1, 0.15) is 11.1 Å². The monoisotopic (exact) mass is 566 g/mol. The van der Waals surface area contributed by atoms with Crippen LogP contribution >= 0.6 is 21.3 Å². The molecule has 0 radical (unpaired) electrons. The van der Waals surface area contributed by atoms with E-state index >= 15 is 0 Å². The van der Waals surface area contributed by atoms with Gasteiger partial charge in [-0.25, -0.2) is 17.3 Å². The average molecular weight is 566 g/mol. The molecule has 2 aliphatic heterocycles. The van der Waals surface area contributed by atoms with Gasteiger partial charge in [0.1, 0.15) is 44.2 Å². The Morgan fingerprint density at radius 2 is 2.06 bits per heavy atom. The van der Waals surface area contributed by atoms with Gasteiger partial charge in [-0.15, -0.1) is 0 Å². The van der Waals surface area contributed by atoms with Crippen molar-refractivity contribution in [3.8, 4) is 0 Å². The molecule has 33 heavy (non-hydrogen) atoms. The standard InChI is InChI=1S/C20H16FIN6O5/c1-8-15(14(23)16(8)29)24-7-10-4-9(2-3-11(10)21)6-25-18(30)12-5-13(20(32)33)28-17(26-12)19(31)27-22-28/h2-5,24,31H,1,6-7,23H2,(H,25,30)(H,32,33). The Morgan fingerprint density at radius 1 is 1.30 bits per heavy atom. The van der Waals surface area contributed by atoms with E-state index in [9.17, 15) is 29.0 Å². The number of benzene rings is 1. The van der Waals surface area contributed by atoms with Gasteiger partial charge in [0.15, 0.2) is 0 Å². The predicted octanol–water partition coefficient (Wildman–Crippen LogP) is 1.33. The zero-order chi connectivity index (χ0) is 23.9. The average Bonchev–Trinajstić information content (AvgIpc) is 3.18. The van der Waals surface area contributed by atoms with E-state index in [1.807, 2.05) is 0 Å². The lowest BCUT2D eigenvalue weighted by atomic mass is 9.93. The summed E-state index contributed by atoms with van der Waals surface area (Å²) in [6.45, 7) is 3.64. The number of hydrogen-bond donors (Lipinski definition) is 5. The maximum absolute atomic E-state index is 14.2. The van der Waals surface area contributed by atoms with Crippen molar-refractivity contribution in [2.45, 2.75) is 13.1 Å². The second kappa shape index (κ2) is 8.57. The first kappa shape index (κ1) is 22.3. The fraction of sp³-hybridized carbons (Fsp3) is 0.100. The minimum atomic E-state index is -1.28. The minimum absolute atomic E-state index is 0.00343. The molecule has 6 N–H and O–H groups in total. The molecule has 0 spiro atoms. The maximum atomic E-state index is 14.2. The number of carbonyl (C=O) groups excluding carboxylic acids is 2. The van der Waals surface area contributed by atoms with Crippen LogP contribution in [-0.2, 0) is 27.5 Å². The van der Waals surface area contributed by atoms with E-state index in [0.717, 1.165) is 6.08 Å². The number of nitrogens with zero attached hydrogens (tertiary/aromatic N) is 3. The SMILES string of the molecule is C=C1C(=O)C(N)=C1NCc1cc(CNC(=O)C2=NC3=C(O)N=IN3C(C(=O)O)=C2)ccc1F. The Kier molecular flexibility index (Phi) is 5.80. The lowest BCUT2D eigenvalue weighted by Crippen LogP contribution is -2.35. The van der Waals surface area contributed by atoms with Crippen molar-refractivity contribution in [3.63, 3.8) is 0 Å². The molecule has 0 aromatic heterocycles. The van der Waals surface area contributed by atoms with Crippen molar-refractivity contribution in [3.05, 3.63) is 82.2 Å². The number of rotatable bonds is 7. The molecule has 11 nitrogen and oxygen atoms in total. The number of amides is 1. The molecule has 0 bridgehead atoms. The number of aliphatic hydroxyl groups is 1. The second-order valence-corrected chi connectivity index (χ2v) is 8.86. The topological polar surface area (TPSA) is 170 Å². The third kappa shape index (κ3) is 4.13. The number of hydrogen-bond acceptors (Lipinski definition) is 9. The number of nitrogens with one attached hydrogen (secondary N) is 2. The number of aliphatic hydroxyl groups excluding tert-OH is 1. The van der Waals surface area contributed by atoms with Gasteiger partial charge in [-0.2, -0.15) is 3.15 Å². The van der Waals surface area contributed by atoms with Crippen LogP contribution in [0.2, 0.25) is 0 Å². The summed E-state index contributed by atoms with van der Waals surface area (Å²) < 4.78 is 19.3. The molecule has 0 unspecified atom stereocenters. The molecule has 0 saturated heterocycles. The van der Waals surface area contributed by atoms with Crippen molar-refractivity contribution >= 4 is 44.7 Å². The van der Waals surface area contributed by atoms with Crippen molar-refractivity contribution in [2.75, 3.05) is 0 Å². The zero-order valence-electron chi connectivity index (χ0n) is 16.7. The second-order valence-electron chi connectivity index (χ2n) is 6.98. The van der Waals surface area contributed by atoms with E-state index in [-0.39, 0.29) is 52.9 Å². The van der Waals surface area contributed by atoms with Gasteiger partial charge in [0.25, 0.3) is 11.8 Å². The van der Waals surface area contributed by atoms with Crippen molar-refractivity contribution in [2.24, 2.45) is 13.9 Å². The lowest BCUT2D eigenvalue weighted by Gasteiger charge is -2.23. The summed E-state index contributed by atoms with van der Waals surface area (Å²) in [7, 11) is 0.